The Bertz CT molecular complexity index is 950. The minimum atomic E-state index is -0.487. The van der Waals surface area contributed by atoms with Gasteiger partial charge in [0.15, 0.2) is 0 Å². The SMILES string of the molecule is Cc1ccc(C(=O)NC(c2ccccc2)c2nccn2C)cc1[N+](=O)[O-]. The van der Waals surface area contributed by atoms with Crippen molar-refractivity contribution in [2.24, 2.45) is 7.05 Å². The molecule has 2 aromatic carbocycles. The number of nitro benzene ring substituents is 1. The number of benzene rings is 2. The third-order valence-corrected chi connectivity index (χ3v) is 4.19. The first kappa shape index (κ1) is 17.3. The lowest BCUT2D eigenvalue weighted by atomic mass is 10.0. The summed E-state index contributed by atoms with van der Waals surface area (Å²) in [7, 11) is 1.85. The molecular weight excluding hydrogens is 332 g/mol. The number of imidazole rings is 1. The summed E-state index contributed by atoms with van der Waals surface area (Å²) in [4.78, 5) is 27.7. The van der Waals surface area contributed by atoms with Gasteiger partial charge in [-0.3, -0.25) is 14.9 Å². The second kappa shape index (κ2) is 7.18. The number of rotatable bonds is 5. The van der Waals surface area contributed by atoms with Crippen LogP contribution in [0.25, 0.3) is 0 Å². The van der Waals surface area contributed by atoms with Gasteiger partial charge in [-0.05, 0) is 18.6 Å². The molecule has 7 heteroatoms. The van der Waals surface area contributed by atoms with Gasteiger partial charge >= 0.3 is 0 Å². The number of aromatic nitrogens is 2. The Hall–Kier alpha value is -3.48. The zero-order chi connectivity index (χ0) is 18.7. The van der Waals surface area contributed by atoms with Gasteiger partial charge in [0.2, 0.25) is 0 Å². The summed E-state index contributed by atoms with van der Waals surface area (Å²) in [5, 5.41) is 14.1. The largest absolute Gasteiger partial charge is 0.338 e. The first-order chi connectivity index (χ1) is 12.5. The zero-order valence-electron chi connectivity index (χ0n) is 14.4. The molecule has 1 aromatic heterocycles. The summed E-state index contributed by atoms with van der Waals surface area (Å²) in [6.45, 7) is 1.64. The van der Waals surface area contributed by atoms with Crippen molar-refractivity contribution in [3.63, 3.8) is 0 Å². The number of hydrogen-bond acceptors (Lipinski definition) is 4. The summed E-state index contributed by atoms with van der Waals surface area (Å²) in [5.41, 5.74) is 1.54. The van der Waals surface area contributed by atoms with Crippen molar-refractivity contribution in [3.8, 4) is 0 Å². The Kier molecular flexibility index (Phi) is 4.79. The third kappa shape index (κ3) is 3.46. The molecule has 0 saturated heterocycles. The lowest BCUT2D eigenvalue weighted by molar-refractivity contribution is -0.385. The molecule has 1 N–H and O–H groups in total. The Labute approximate surface area is 150 Å². The van der Waals surface area contributed by atoms with Crippen molar-refractivity contribution in [3.05, 3.63) is 93.6 Å². The summed E-state index contributed by atoms with van der Waals surface area (Å²) < 4.78 is 1.83. The van der Waals surface area contributed by atoms with E-state index in [1.807, 2.05) is 41.9 Å². The predicted molar refractivity (Wildman–Crippen MR) is 96.8 cm³/mol. The fourth-order valence-corrected chi connectivity index (χ4v) is 2.76. The molecule has 26 heavy (non-hydrogen) atoms. The van der Waals surface area contributed by atoms with Gasteiger partial charge in [0, 0.05) is 36.6 Å². The number of nitrogens with zero attached hydrogens (tertiary/aromatic N) is 3. The highest BCUT2D eigenvalue weighted by Crippen LogP contribution is 2.23. The maximum absolute atomic E-state index is 12.8. The smallest absolute Gasteiger partial charge is 0.273 e. The molecule has 0 fully saturated rings. The van der Waals surface area contributed by atoms with Crippen molar-refractivity contribution in [2.75, 3.05) is 0 Å². The molecule has 1 amide bonds. The topological polar surface area (TPSA) is 90.1 Å². The van der Waals surface area contributed by atoms with Crippen molar-refractivity contribution < 1.29 is 9.72 Å². The van der Waals surface area contributed by atoms with Gasteiger partial charge in [-0.1, -0.05) is 36.4 Å². The number of amides is 1. The van der Waals surface area contributed by atoms with Gasteiger partial charge in [-0.2, -0.15) is 0 Å². The molecule has 0 bridgehead atoms. The van der Waals surface area contributed by atoms with E-state index in [0.717, 1.165) is 5.56 Å². The first-order valence-electron chi connectivity index (χ1n) is 8.05. The molecule has 0 aliphatic heterocycles. The van der Waals surface area contributed by atoms with Crippen LogP contribution in [0.2, 0.25) is 0 Å². The van der Waals surface area contributed by atoms with E-state index in [-0.39, 0.29) is 11.3 Å². The summed E-state index contributed by atoms with van der Waals surface area (Å²) in [5.74, 6) is 0.274. The molecule has 132 valence electrons. The molecule has 0 aliphatic rings. The van der Waals surface area contributed by atoms with Gasteiger partial charge in [0.1, 0.15) is 11.9 Å². The van der Waals surface area contributed by atoms with E-state index >= 15 is 0 Å². The average Bonchev–Trinajstić information content (AvgIpc) is 3.06. The number of carbonyl (C=O) groups is 1. The lowest BCUT2D eigenvalue weighted by Gasteiger charge is -2.19. The van der Waals surface area contributed by atoms with Crippen molar-refractivity contribution in [1.82, 2.24) is 14.9 Å². The molecule has 1 atom stereocenters. The van der Waals surface area contributed by atoms with Crippen LogP contribution >= 0.6 is 0 Å². The van der Waals surface area contributed by atoms with Gasteiger partial charge in [0.25, 0.3) is 11.6 Å². The van der Waals surface area contributed by atoms with Crippen LogP contribution in [0, 0.1) is 17.0 Å². The Morgan fingerprint density at radius 2 is 1.96 bits per heavy atom. The maximum atomic E-state index is 12.8. The van der Waals surface area contributed by atoms with Gasteiger partial charge in [-0.25, -0.2) is 4.98 Å². The minimum Gasteiger partial charge on any atom is -0.338 e. The fraction of sp³-hybridized carbons (Fsp3) is 0.158. The van der Waals surface area contributed by atoms with Crippen molar-refractivity contribution in [1.29, 1.82) is 0 Å². The van der Waals surface area contributed by atoms with E-state index in [4.69, 9.17) is 0 Å². The van der Waals surface area contributed by atoms with Gasteiger partial charge in [0.05, 0.1) is 4.92 Å². The molecule has 3 aromatic rings. The fourth-order valence-electron chi connectivity index (χ4n) is 2.76. The van der Waals surface area contributed by atoms with Crippen LogP contribution in [-0.2, 0) is 7.05 Å². The van der Waals surface area contributed by atoms with Gasteiger partial charge < -0.3 is 9.88 Å². The van der Waals surface area contributed by atoms with E-state index in [2.05, 4.69) is 10.3 Å². The molecule has 1 unspecified atom stereocenters. The zero-order valence-corrected chi connectivity index (χ0v) is 14.4. The number of aryl methyl sites for hydroxylation is 2. The minimum absolute atomic E-state index is 0.0779. The Morgan fingerprint density at radius 1 is 1.23 bits per heavy atom. The normalized spacial score (nSPS) is 11.8. The Morgan fingerprint density at radius 3 is 2.58 bits per heavy atom. The van der Waals surface area contributed by atoms with E-state index in [9.17, 15) is 14.9 Å². The summed E-state index contributed by atoms with van der Waals surface area (Å²) >= 11 is 0. The second-order valence-electron chi connectivity index (χ2n) is 5.97. The number of nitro groups is 1. The Balaban J connectivity index is 1.95. The number of hydrogen-bond donors (Lipinski definition) is 1. The highest BCUT2D eigenvalue weighted by atomic mass is 16.6. The predicted octanol–water partition coefficient (Wildman–Crippen LogP) is 3.16. The standard InChI is InChI=1S/C19H18N4O3/c1-13-8-9-15(12-16(13)23(25)26)19(24)21-17(14-6-4-3-5-7-14)18-20-10-11-22(18)2/h3-12,17H,1-2H3,(H,21,24). The highest BCUT2D eigenvalue weighted by Gasteiger charge is 2.22. The first-order valence-corrected chi connectivity index (χ1v) is 8.05. The van der Waals surface area contributed by atoms with Crippen LogP contribution in [0.1, 0.15) is 33.4 Å². The quantitative estimate of drug-likeness (QED) is 0.565. The molecule has 0 spiro atoms. The molecule has 0 radical (unpaired) electrons. The van der Waals surface area contributed by atoms with Crippen LogP contribution in [0.4, 0.5) is 5.69 Å². The second-order valence-corrected chi connectivity index (χ2v) is 5.97. The van der Waals surface area contributed by atoms with E-state index in [1.165, 1.54) is 6.07 Å². The van der Waals surface area contributed by atoms with Crippen molar-refractivity contribution >= 4 is 11.6 Å². The molecule has 0 aliphatic carbocycles. The van der Waals surface area contributed by atoms with Crippen LogP contribution < -0.4 is 5.32 Å². The summed E-state index contributed by atoms with van der Waals surface area (Å²) in [6, 6.07) is 13.4. The van der Waals surface area contributed by atoms with E-state index in [0.29, 0.717) is 11.4 Å². The van der Waals surface area contributed by atoms with Crippen LogP contribution in [0.15, 0.2) is 60.9 Å². The maximum Gasteiger partial charge on any atom is 0.273 e. The molecular formula is C19H18N4O3. The van der Waals surface area contributed by atoms with Crippen molar-refractivity contribution in [2.45, 2.75) is 13.0 Å². The number of carbonyl (C=O) groups excluding carboxylic acids is 1. The lowest BCUT2D eigenvalue weighted by Crippen LogP contribution is -2.31. The van der Waals surface area contributed by atoms with Gasteiger partial charge in [-0.15, -0.1) is 0 Å². The van der Waals surface area contributed by atoms with E-state index in [1.54, 1.807) is 31.5 Å². The molecule has 1 heterocycles. The summed E-state index contributed by atoms with van der Waals surface area (Å²) in [6.07, 6.45) is 3.46. The number of nitrogens with one attached hydrogen (secondary N) is 1. The molecule has 3 rings (SSSR count). The van der Waals surface area contributed by atoms with Crippen LogP contribution in [-0.4, -0.2) is 20.4 Å². The monoisotopic (exact) mass is 350 g/mol. The van der Waals surface area contributed by atoms with E-state index < -0.39 is 16.9 Å². The van der Waals surface area contributed by atoms with Crippen LogP contribution in [0.3, 0.4) is 0 Å². The third-order valence-electron chi connectivity index (χ3n) is 4.19. The molecule has 0 saturated carbocycles. The molecule has 7 nitrogen and oxygen atoms in total. The van der Waals surface area contributed by atoms with Crippen LogP contribution in [0.5, 0.6) is 0 Å². The highest BCUT2D eigenvalue weighted by molar-refractivity contribution is 5.95. The average molecular weight is 350 g/mol.